The summed E-state index contributed by atoms with van der Waals surface area (Å²) in [5, 5.41) is 7.05. The molecule has 101 heavy (non-hydrogen) atoms. The van der Waals surface area contributed by atoms with Crippen molar-refractivity contribution in [2.45, 2.75) is 122 Å². The van der Waals surface area contributed by atoms with Crippen molar-refractivity contribution in [3.05, 3.63) is 95.6 Å². The number of nitrogens with zero attached hydrogens (tertiary/aromatic N) is 12. The van der Waals surface area contributed by atoms with Gasteiger partial charge in [0.05, 0.1) is 0 Å². The molecule has 20 nitrogen and oxygen atoms in total. The fraction of sp³-hybridized carbons (Fsp3) is 0.778. The molecule has 20 heteroatoms. The third kappa shape index (κ3) is 50.6. The van der Waals surface area contributed by atoms with Crippen LogP contribution in [0.1, 0.15) is 139 Å². The molecule has 3 aromatic rings. The maximum atomic E-state index is 5.81. The molecule has 0 radical (unpaired) electrons. The van der Waals surface area contributed by atoms with Crippen molar-refractivity contribution in [1.29, 1.82) is 0 Å². The maximum Gasteiger partial charge on any atom is 0.0366 e. The van der Waals surface area contributed by atoms with Gasteiger partial charge in [-0.2, -0.15) is 0 Å². The lowest BCUT2D eigenvalue weighted by Crippen LogP contribution is -2.45. The zero-order valence-corrected chi connectivity index (χ0v) is 68.1. The van der Waals surface area contributed by atoms with Gasteiger partial charge in [0.1, 0.15) is 0 Å². The summed E-state index contributed by atoms with van der Waals surface area (Å²) in [4.78, 5) is 29.1. The minimum atomic E-state index is 0.583. The minimum Gasteiger partial charge on any atom is -0.371 e. The molecule has 0 aromatic heterocycles. The number of anilines is 2. The lowest BCUT2D eigenvalue weighted by molar-refractivity contribution is 0.175. The second-order valence-electron chi connectivity index (χ2n) is 29.7. The molecule has 3 atom stereocenters. The van der Waals surface area contributed by atoms with E-state index in [4.69, 9.17) is 34.4 Å². The Hall–Kier alpha value is -3.46. The Bertz CT molecular complexity index is 2180. The molecule has 3 rings (SSSR count). The number of benzene rings is 3. The molecule has 14 N–H and O–H groups in total. The van der Waals surface area contributed by atoms with Crippen LogP contribution in [0.3, 0.4) is 0 Å². The second-order valence-corrected chi connectivity index (χ2v) is 29.7. The van der Waals surface area contributed by atoms with Crippen molar-refractivity contribution in [1.82, 2.24) is 59.6 Å². The quantitative estimate of drug-likeness (QED) is 0.0269. The van der Waals surface area contributed by atoms with Gasteiger partial charge >= 0.3 is 0 Å². The van der Waals surface area contributed by atoms with Crippen LogP contribution in [0.4, 0.5) is 11.4 Å². The van der Waals surface area contributed by atoms with Gasteiger partial charge in [-0.3, -0.25) is 14.7 Å². The Morgan fingerprint density at radius 2 is 0.634 bits per heavy atom. The molecule has 0 spiro atoms. The summed E-state index contributed by atoms with van der Waals surface area (Å²) < 4.78 is 0. The zero-order valence-electron chi connectivity index (χ0n) is 68.1. The maximum absolute atomic E-state index is 5.81. The largest absolute Gasteiger partial charge is 0.371 e. The van der Waals surface area contributed by atoms with Crippen LogP contribution >= 0.6 is 0 Å². The number of rotatable bonds is 63. The van der Waals surface area contributed by atoms with E-state index in [1.165, 1.54) is 138 Å². The Morgan fingerprint density at radius 3 is 1.00 bits per heavy atom. The van der Waals surface area contributed by atoms with E-state index in [9.17, 15) is 0 Å². The number of hydrogen-bond acceptors (Lipinski definition) is 20. The fourth-order valence-electron chi connectivity index (χ4n) is 12.9. The molecule has 0 heterocycles. The summed E-state index contributed by atoms with van der Waals surface area (Å²) in [5.41, 5.74) is 41.6. The second kappa shape index (κ2) is 63.8. The zero-order chi connectivity index (χ0) is 74.7. The molecule has 0 aliphatic heterocycles. The smallest absolute Gasteiger partial charge is 0.0366 e. The molecule has 0 saturated heterocycles. The summed E-state index contributed by atoms with van der Waals surface area (Å²) in [6, 6.07) is 29.8. The highest BCUT2D eigenvalue weighted by molar-refractivity contribution is 5.49. The molecule has 0 aliphatic rings. The van der Waals surface area contributed by atoms with Gasteiger partial charge in [-0.15, -0.1) is 0 Å². The van der Waals surface area contributed by atoms with Crippen molar-refractivity contribution in [3.8, 4) is 0 Å². The third-order valence-electron chi connectivity index (χ3n) is 19.5. The summed E-state index contributed by atoms with van der Waals surface area (Å²) in [5.74, 6) is 1.83. The molecule has 0 fully saturated rings. The van der Waals surface area contributed by atoms with E-state index in [1.54, 1.807) is 0 Å². The van der Waals surface area contributed by atoms with Gasteiger partial charge in [0, 0.05) is 168 Å². The van der Waals surface area contributed by atoms with Crippen molar-refractivity contribution in [2.75, 3.05) is 303 Å². The van der Waals surface area contributed by atoms with Gasteiger partial charge in [-0.05, 0) is 265 Å². The van der Waals surface area contributed by atoms with E-state index in [1.807, 2.05) is 0 Å². The Kier molecular flexibility index (Phi) is 60.3. The SMILES string of the molecule is CCC(C)c1ccc(N(CCCN(C)CCCN(C)C)CCCN(C)CCCN(C)C)cc1.CCC(CC(C)c1ccccc1)c1ccc(N(CCCN(C)C)CCCN(C)C)cc1.NCCCCCN(CCN(CCN)CCN)CCN(CCNCCN)CCNCCN(CCN)CCN. The Morgan fingerprint density at radius 1 is 0.287 bits per heavy atom. The van der Waals surface area contributed by atoms with Crippen molar-refractivity contribution in [2.24, 2.45) is 34.4 Å². The predicted molar refractivity (Wildman–Crippen MR) is 445 cm³/mol. The number of hydrogen-bond donors (Lipinski definition) is 8. The van der Waals surface area contributed by atoms with Gasteiger partial charge in [-0.25, -0.2) is 0 Å². The first-order valence-corrected chi connectivity index (χ1v) is 40.0. The van der Waals surface area contributed by atoms with Crippen LogP contribution < -0.4 is 54.8 Å². The summed E-state index contributed by atoms with van der Waals surface area (Å²) in [6.45, 7) is 42.8. The molecule has 3 unspecified atom stereocenters. The van der Waals surface area contributed by atoms with E-state index >= 15 is 0 Å². The highest BCUT2D eigenvalue weighted by Gasteiger charge is 2.18. The average Bonchev–Trinajstić information content (AvgIpc) is 0.866. The highest BCUT2D eigenvalue weighted by Crippen LogP contribution is 2.33. The first-order valence-electron chi connectivity index (χ1n) is 40.0. The van der Waals surface area contributed by atoms with E-state index in [0.717, 1.165) is 157 Å². The lowest BCUT2D eigenvalue weighted by Gasteiger charge is -2.30. The molecule has 0 saturated carbocycles. The van der Waals surface area contributed by atoms with E-state index in [2.05, 4.69) is 246 Å². The lowest BCUT2D eigenvalue weighted by atomic mass is 9.84. The first-order chi connectivity index (χ1) is 48.8. The fourth-order valence-corrected chi connectivity index (χ4v) is 12.9. The van der Waals surface area contributed by atoms with E-state index in [0.29, 0.717) is 50.5 Å². The molecule has 0 amide bonds. The molecular weight excluding hydrogens is 1250 g/mol. The average molecular weight is 1420 g/mol. The summed E-state index contributed by atoms with van der Waals surface area (Å²) in [7, 11) is 21.8. The molecule has 3 aromatic carbocycles. The minimum absolute atomic E-state index is 0.583. The van der Waals surface area contributed by atoms with Crippen LogP contribution in [0.2, 0.25) is 0 Å². The summed E-state index contributed by atoms with van der Waals surface area (Å²) in [6.07, 6.45) is 14.4. The van der Waals surface area contributed by atoms with Crippen molar-refractivity contribution >= 4 is 11.4 Å². The molecule has 0 bridgehead atoms. The number of nitrogens with two attached hydrogens (primary N) is 6. The van der Waals surface area contributed by atoms with Gasteiger partial charge in [0.25, 0.3) is 0 Å². The highest BCUT2D eigenvalue weighted by atomic mass is 15.2. The normalized spacial score (nSPS) is 12.9. The van der Waals surface area contributed by atoms with E-state index in [-0.39, 0.29) is 0 Å². The van der Waals surface area contributed by atoms with E-state index < -0.39 is 0 Å². The Balaban J connectivity index is 0.000000760. The van der Waals surface area contributed by atoms with Gasteiger partial charge < -0.3 is 89.1 Å². The van der Waals surface area contributed by atoms with Gasteiger partial charge in [0.2, 0.25) is 0 Å². The van der Waals surface area contributed by atoms with Crippen LogP contribution in [0, 0.1) is 0 Å². The van der Waals surface area contributed by atoms with Gasteiger partial charge in [0.15, 0.2) is 0 Å². The monoisotopic (exact) mass is 1420 g/mol. The van der Waals surface area contributed by atoms with Crippen LogP contribution in [0.25, 0.3) is 0 Å². The van der Waals surface area contributed by atoms with Crippen LogP contribution in [-0.2, 0) is 0 Å². The number of nitrogens with one attached hydrogen (secondary N) is 2. The van der Waals surface area contributed by atoms with Crippen LogP contribution in [0.15, 0.2) is 78.9 Å². The topological polar surface area (TPSA) is 219 Å². The standard InChI is InChI=1S/C28H55N5.C28H45N3.C25H64N12/c1-9-26(2)27-14-16-28(17-15-27)33(24-12-22-31(7)20-10-18-29(3)4)25-13-23-32(8)21-11-19-30(5)6;1-7-25(23-24(2)26-13-9-8-10-14-26)27-15-17-28(18-16-27)31(21-11-19-29(3)4)22-12-20-30(5)6;26-4-2-1-3-14-34(22-24-36(17-8-30)18-9-31)23-25-37(20-11-32-10-5-27)21-13-33-12-19-35(15-6-28)16-7-29/h14-17,26H,9-13,18-25H2,1-8H3;8-10,13-18,24-25H,7,11-12,19-23H2,1-6H3;32-33H,1-31H2. The van der Waals surface area contributed by atoms with Crippen LogP contribution in [-0.4, -0.2) is 342 Å². The molecule has 0 aliphatic carbocycles. The summed E-state index contributed by atoms with van der Waals surface area (Å²) >= 11 is 0. The van der Waals surface area contributed by atoms with Crippen molar-refractivity contribution in [3.63, 3.8) is 0 Å². The van der Waals surface area contributed by atoms with Gasteiger partial charge in [-0.1, -0.05) is 88.7 Å². The predicted octanol–water partition coefficient (Wildman–Crippen LogP) is 6.93. The first kappa shape index (κ1) is 95.6. The van der Waals surface area contributed by atoms with Crippen molar-refractivity contribution < 1.29 is 0 Å². The molecule has 588 valence electrons. The number of unbranched alkanes of at least 4 members (excludes halogenated alkanes) is 2. The third-order valence-corrected chi connectivity index (χ3v) is 19.5. The molecular formula is C81H164N20. The Labute approximate surface area is 623 Å². The van der Waals surface area contributed by atoms with Crippen LogP contribution in [0.5, 0.6) is 0 Å².